The lowest BCUT2D eigenvalue weighted by atomic mass is 10.0. The van der Waals surface area contributed by atoms with Gasteiger partial charge in [0.25, 0.3) is 0 Å². The van der Waals surface area contributed by atoms with Crippen LogP contribution in [-0.2, 0) is 7.05 Å². The second-order valence-corrected chi connectivity index (χ2v) is 5.52. The van der Waals surface area contributed by atoms with Crippen molar-refractivity contribution in [2.24, 2.45) is 7.05 Å². The van der Waals surface area contributed by atoms with Crippen molar-refractivity contribution in [1.29, 1.82) is 0 Å². The largest absolute Gasteiger partial charge is 0.350 e. The Morgan fingerprint density at radius 2 is 2.00 bits per heavy atom. The lowest BCUT2D eigenvalue weighted by Gasteiger charge is -2.07. The van der Waals surface area contributed by atoms with Gasteiger partial charge >= 0.3 is 0 Å². The van der Waals surface area contributed by atoms with Gasteiger partial charge in [-0.05, 0) is 25.0 Å². The van der Waals surface area contributed by atoms with Crippen LogP contribution in [0, 0.1) is 13.8 Å². The minimum Gasteiger partial charge on any atom is -0.350 e. The Morgan fingerprint density at radius 3 is 2.63 bits per heavy atom. The van der Waals surface area contributed by atoms with Gasteiger partial charge in [-0.1, -0.05) is 26.0 Å². The van der Waals surface area contributed by atoms with E-state index in [1.807, 2.05) is 27.1 Å². The molecule has 0 bridgehead atoms. The molecule has 0 fully saturated rings. The molecule has 0 radical (unpaired) electrons. The number of hydrogen-bond donors (Lipinski definition) is 1. The van der Waals surface area contributed by atoms with Crippen molar-refractivity contribution in [3.63, 3.8) is 0 Å². The van der Waals surface area contributed by atoms with Crippen LogP contribution in [0.1, 0.15) is 35.3 Å². The summed E-state index contributed by atoms with van der Waals surface area (Å²) in [4.78, 5) is 12.3. The van der Waals surface area contributed by atoms with Crippen molar-refractivity contribution < 1.29 is 4.79 Å². The van der Waals surface area contributed by atoms with E-state index >= 15 is 0 Å². The van der Waals surface area contributed by atoms with E-state index in [1.165, 1.54) is 11.1 Å². The summed E-state index contributed by atoms with van der Waals surface area (Å²) in [6.07, 6.45) is 1.95. The zero-order chi connectivity index (χ0) is 14.2. The first kappa shape index (κ1) is 13.8. The molecule has 19 heavy (non-hydrogen) atoms. The molecule has 1 aromatic carbocycles. The van der Waals surface area contributed by atoms with E-state index in [0.29, 0.717) is 12.6 Å². The Bertz CT molecular complexity index is 623. The molecule has 2 rings (SSSR count). The molecule has 0 spiro atoms. The maximum absolute atomic E-state index is 12.3. The minimum atomic E-state index is 0.155. The molecular formula is C16H22N2O. The fourth-order valence-electron chi connectivity index (χ4n) is 2.41. The molecule has 1 heterocycles. The predicted octanol–water partition coefficient (Wildman–Crippen LogP) is 2.98. The fourth-order valence-corrected chi connectivity index (χ4v) is 2.41. The Balaban J connectivity index is 2.45. The molecular weight excluding hydrogens is 236 g/mol. The van der Waals surface area contributed by atoms with Crippen LogP contribution in [0.25, 0.3) is 10.9 Å². The average Bonchev–Trinajstić information content (AvgIpc) is 2.69. The van der Waals surface area contributed by atoms with E-state index in [2.05, 4.69) is 35.9 Å². The summed E-state index contributed by atoms with van der Waals surface area (Å²) < 4.78 is 2.06. The van der Waals surface area contributed by atoms with Gasteiger partial charge in [0.2, 0.25) is 0 Å². The molecule has 1 aromatic heterocycles. The van der Waals surface area contributed by atoms with Crippen LogP contribution in [-0.4, -0.2) is 22.9 Å². The van der Waals surface area contributed by atoms with Crippen molar-refractivity contribution >= 4 is 16.7 Å². The molecule has 3 nitrogen and oxygen atoms in total. The number of aromatic nitrogens is 1. The quantitative estimate of drug-likeness (QED) is 0.855. The molecule has 0 aliphatic carbocycles. The summed E-state index contributed by atoms with van der Waals surface area (Å²) in [6.45, 7) is 8.69. The van der Waals surface area contributed by atoms with Gasteiger partial charge in [0, 0.05) is 30.2 Å². The van der Waals surface area contributed by atoms with E-state index in [1.54, 1.807) is 0 Å². The molecule has 0 aliphatic heterocycles. The number of carbonyl (C=O) groups excluding carboxylic acids is 1. The molecule has 0 amide bonds. The fraction of sp³-hybridized carbons (Fsp3) is 0.438. The van der Waals surface area contributed by atoms with Crippen molar-refractivity contribution in [2.45, 2.75) is 33.7 Å². The molecule has 0 saturated heterocycles. The van der Waals surface area contributed by atoms with Crippen LogP contribution in [0.5, 0.6) is 0 Å². The van der Waals surface area contributed by atoms with Crippen LogP contribution in [0.15, 0.2) is 18.3 Å². The van der Waals surface area contributed by atoms with Crippen molar-refractivity contribution in [3.8, 4) is 0 Å². The zero-order valence-corrected chi connectivity index (χ0v) is 12.4. The highest BCUT2D eigenvalue weighted by molar-refractivity contribution is 6.09. The van der Waals surface area contributed by atoms with Crippen molar-refractivity contribution in [1.82, 2.24) is 9.88 Å². The summed E-state index contributed by atoms with van der Waals surface area (Å²) in [7, 11) is 2.00. The highest BCUT2D eigenvalue weighted by atomic mass is 16.1. The molecule has 0 saturated carbocycles. The molecule has 2 aromatic rings. The summed E-state index contributed by atoms with van der Waals surface area (Å²) >= 11 is 0. The third kappa shape index (κ3) is 2.56. The van der Waals surface area contributed by atoms with Gasteiger partial charge in [0.15, 0.2) is 5.78 Å². The minimum absolute atomic E-state index is 0.155. The molecule has 102 valence electrons. The molecule has 0 unspecified atom stereocenters. The number of Topliss-reactive ketones (excluding diaryl/α,β-unsaturated/α-hetero) is 1. The number of ketones is 1. The zero-order valence-electron chi connectivity index (χ0n) is 12.4. The number of hydrogen-bond acceptors (Lipinski definition) is 2. The summed E-state index contributed by atoms with van der Waals surface area (Å²) in [5.74, 6) is 0.155. The normalized spacial score (nSPS) is 11.5. The average molecular weight is 258 g/mol. The number of nitrogens with one attached hydrogen (secondary N) is 1. The Hall–Kier alpha value is -1.61. The molecule has 0 aliphatic rings. The molecule has 1 N–H and O–H groups in total. The summed E-state index contributed by atoms with van der Waals surface area (Å²) in [6, 6.07) is 4.47. The number of benzene rings is 1. The number of rotatable bonds is 4. The lowest BCUT2D eigenvalue weighted by molar-refractivity contribution is 0.0990. The SMILES string of the molecule is Cc1ccc2c(C(=O)CNC(C)C)cn(C)c2c1C. The van der Waals surface area contributed by atoms with Crippen LogP contribution in [0.2, 0.25) is 0 Å². The first-order valence-electron chi connectivity index (χ1n) is 6.73. The number of fused-ring (bicyclic) bond motifs is 1. The van der Waals surface area contributed by atoms with Crippen LogP contribution < -0.4 is 5.32 Å². The van der Waals surface area contributed by atoms with Gasteiger partial charge in [0.05, 0.1) is 12.1 Å². The van der Waals surface area contributed by atoms with Crippen LogP contribution in [0.4, 0.5) is 0 Å². The third-order valence-corrected chi connectivity index (χ3v) is 3.64. The highest BCUT2D eigenvalue weighted by Crippen LogP contribution is 2.26. The predicted molar refractivity (Wildman–Crippen MR) is 79.9 cm³/mol. The van der Waals surface area contributed by atoms with Crippen LogP contribution in [0.3, 0.4) is 0 Å². The van der Waals surface area contributed by atoms with E-state index in [-0.39, 0.29) is 5.78 Å². The molecule has 0 atom stereocenters. The monoisotopic (exact) mass is 258 g/mol. The number of carbonyl (C=O) groups is 1. The maximum Gasteiger partial charge on any atom is 0.178 e. The smallest absolute Gasteiger partial charge is 0.178 e. The lowest BCUT2D eigenvalue weighted by Crippen LogP contribution is -2.29. The second kappa shape index (κ2) is 5.17. The highest BCUT2D eigenvalue weighted by Gasteiger charge is 2.15. The Morgan fingerprint density at radius 1 is 1.32 bits per heavy atom. The first-order chi connectivity index (χ1) is 8.91. The maximum atomic E-state index is 12.3. The van der Waals surface area contributed by atoms with Gasteiger partial charge in [0.1, 0.15) is 0 Å². The molecule has 3 heteroatoms. The summed E-state index contributed by atoms with van der Waals surface area (Å²) in [5, 5.41) is 4.24. The van der Waals surface area contributed by atoms with Gasteiger partial charge in [-0.25, -0.2) is 0 Å². The van der Waals surface area contributed by atoms with Crippen LogP contribution >= 0.6 is 0 Å². The Kier molecular flexibility index (Phi) is 3.76. The van der Waals surface area contributed by atoms with Gasteiger partial charge in [-0.2, -0.15) is 0 Å². The van der Waals surface area contributed by atoms with E-state index in [0.717, 1.165) is 16.5 Å². The second-order valence-electron chi connectivity index (χ2n) is 5.52. The topological polar surface area (TPSA) is 34.0 Å². The number of aryl methyl sites for hydroxylation is 3. The van der Waals surface area contributed by atoms with Gasteiger partial charge in [-0.3, -0.25) is 4.79 Å². The van der Waals surface area contributed by atoms with Gasteiger partial charge < -0.3 is 9.88 Å². The van der Waals surface area contributed by atoms with Crippen molar-refractivity contribution in [2.75, 3.05) is 6.54 Å². The van der Waals surface area contributed by atoms with E-state index in [4.69, 9.17) is 0 Å². The van der Waals surface area contributed by atoms with E-state index < -0.39 is 0 Å². The Labute approximate surface area is 114 Å². The number of nitrogens with zero attached hydrogens (tertiary/aromatic N) is 1. The van der Waals surface area contributed by atoms with Gasteiger partial charge in [-0.15, -0.1) is 0 Å². The van der Waals surface area contributed by atoms with E-state index in [9.17, 15) is 4.79 Å². The standard InChI is InChI=1S/C16H22N2O/c1-10(2)17-8-15(19)14-9-18(5)16-12(4)11(3)6-7-13(14)16/h6-7,9-10,17H,8H2,1-5H3. The van der Waals surface area contributed by atoms with Crippen molar-refractivity contribution in [3.05, 3.63) is 35.0 Å². The first-order valence-corrected chi connectivity index (χ1v) is 6.73. The summed E-state index contributed by atoms with van der Waals surface area (Å²) in [5.41, 5.74) is 4.48. The third-order valence-electron chi connectivity index (χ3n) is 3.64.